The summed E-state index contributed by atoms with van der Waals surface area (Å²) in [6.45, 7) is 9.97. The molecule has 4 nitrogen and oxygen atoms in total. The van der Waals surface area contributed by atoms with E-state index in [4.69, 9.17) is 4.74 Å². The second kappa shape index (κ2) is 7.04. The van der Waals surface area contributed by atoms with Crippen molar-refractivity contribution in [3.8, 4) is 0 Å². The smallest absolute Gasteiger partial charge is 0.338 e. The summed E-state index contributed by atoms with van der Waals surface area (Å²) in [4.78, 5) is 27.1. The van der Waals surface area contributed by atoms with E-state index in [1.807, 2.05) is 12.3 Å². The van der Waals surface area contributed by atoms with Gasteiger partial charge in [0.05, 0.1) is 17.9 Å². The van der Waals surface area contributed by atoms with Gasteiger partial charge in [0.15, 0.2) is 0 Å². The Kier molecular flexibility index (Phi) is 5.31. The van der Waals surface area contributed by atoms with Gasteiger partial charge in [0.25, 0.3) is 0 Å². The van der Waals surface area contributed by atoms with E-state index in [-0.39, 0.29) is 5.91 Å². The van der Waals surface area contributed by atoms with Crippen LogP contribution in [0.25, 0.3) is 0 Å². The number of fused-ring (bicyclic) bond motifs is 1. The molecule has 1 unspecified atom stereocenters. The number of allylic oxidation sites excluding steroid dienone is 1. The van der Waals surface area contributed by atoms with Crippen LogP contribution in [0.1, 0.15) is 29.3 Å². The highest BCUT2D eigenvalue weighted by Gasteiger charge is 2.51. The third-order valence-corrected chi connectivity index (χ3v) is 5.16. The van der Waals surface area contributed by atoms with Crippen molar-refractivity contribution in [2.75, 3.05) is 24.3 Å². The Hall–Kier alpha value is -2.01. The quantitative estimate of drug-likeness (QED) is 0.566. The molecule has 5 heteroatoms. The second-order valence-corrected chi connectivity index (χ2v) is 6.25. The van der Waals surface area contributed by atoms with Gasteiger partial charge in [-0.3, -0.25) is 4.79 Å². The zero-order valence-electron chi connectivity index (χ0n) is 13.5. The van der Waals surface area contributed by atoms with Gasteiger partial charge in [0.1, 0.15) is 4.75 Å². The molecular weight excluding hydrogens is 310 g/mol. The van der Waals surface area contributed by atoms with Gasteiger partial charge in [-0.15, -0.1) is 24.9 Å². The Bertz CT molecular complexity index is 656. The fourth-order valence-corrected chi connectivity index (χ4v) is 3.97. The van der Waals surface area contributed by atoms with Gasteiger partial charge in [0, 0.05) is 12.1 Å². The van der Waals surface area contributed by atoms with Crippen molar-refractivity contribution in [2.45, 2.75) is 18.1 Å². The molecule has 2 rings (SSSR count). The number of amides is 1. The molecule has 1 aliphatic heterocycles. The lowest BCUT2D eigenvalue weighted by molar-refractivity contribution is -0.120. The van der Waals surface area contributed by atoms with Gasteiger partial charge in [-0.2, -0.15) is 0 Å². The van der Waals surface area contributed by atoms with Crippen molar-refractivity contribution < 1.29 is 14.3 Å². The van der Waals surface area contributed by atoms with E-state index in [1.165, 1.54) is 11.8 Å². The van der Waals surface area contributed by atoms with Crippen molar-refractivity contribution in [2.24, 2.45) is 0 Å². The summed E-state index contributed by atoms with van der Waals surface area (Å²) in [6, 6.07) is 5.36. The summed E-state index contributed by atoms with van der Waals surface area (Å²) in [6.07, 6.45) is 5.73. The molecule has 1 amide bonds. The number of benzene rings is 1. The number of hydrogen-bond donors (Lipinski definition) is 0. The van der Waals surface area contributed by atoms with Gasteiger partial charge in [-0.05, 0) is 31.7 Å². The van der Waals surface area contributed by atoms with Crippen LogP contribution in [0.5, 0.6) is 0 Å². The SMILES string of the molecule is C=CCN1C(=O)C(CC=C)(SC)c2c(C(=O)OCC)cccc21. The number of hydrogen-bond acceptors (Lipinski definition) is 4. The molecule has 0 fully saturated rings. The fraction of sp³-hybridized carbons (Fsp3) is 0.333. The number of ether oxygens (including phenoxy) is 1. The van der Waals surface area contributed by atoms with Crippen molar-refractivity contribution in [3.05, 3.63) is 54.6 Å². The zero-order valence-corrected chi connectivity index (χ0v) is 14.3. The molecule has 1 heterocycles. The Morgan fingerprint density at radius 1 is 1.39 bits per heavy atom. The molecular formula is C18H21NO3S. The summed E-state index contributed by atoms with van der Waals surface area (Å²) in [5.74, 6) is -0.448. The number of esters is 1. The molecule has 0 aliphatic carbocycles. The third kappa shape index (κ3) is 2.70. The molecule has 0 bridgehead atoms. The Morgan fingerprint density at radius 2 is 2.13 bits per heavy atom. The molecule has 0 saturated carbocycles. The highest BCUT2D eigenvalue weighted by molar-refractivity contribution is 8.00. The first-order chi connectivity index (χ1) is 11.1. The lowest BCUT2D eigenvalue weighted by Gasteiger charge is -2.26. The van der Waals surface area contributed by atoms with Crippen LogP contribution in [-0.2, 0) is 14.3 Å². The zero-order chi connectivity index (χ0) is 17.0. The van der Waals surface area contributed by atoms with E-state index in [0.29, 0.717) is 25.1 Å². The molecule has 0 spiro atoms. The highest BCUT2D eigenvalue weighted by Crippen LogP contribution is 2.51. The summed E-state index contributed by atoms with van der Waals surface area (Å²) in [5, 5.41) is 0. The molecule has 0 N–H and O–H groups in total. The van der Waals surface area contributed by atoms with E-state index in [0.717, 1.165) is 11.3 Å². The molecule has 0 aromatic heterocycles. The first-order valence-corrected chi connectivity index (χ1v) is 8.69. The molecule has 1 atom stereocenters. The largest absolute Gasteiger partial charge is 0.462 e. The molecule has 1 aliphatic rings. The minimum Gasteiger partial charge on any atom is -0.462 e. The maximum absolute atomic E-state index is 13.1. The summed E-state index contributed by atoms with van der Waals surface area (Å²) >= 11 is 1.43. The summed E-state index contributed by atoms with van der Waals surface area (Å²) in [5.41, 5.74) is 1.91. The van der Waals surface area contributed by atoms with Crippen LogP contribution in [0.2, 0.25) is 0 Å². The summed E-state index contributed by atoms with van der Waals surface area (Å²) < 4.78 is 4.33. The van der Waals surface area contributed by atoms with Crippen molar-refractivity contribution in [1.29, 1.82) is 0 Å². The number of nitrogens with zero attached hydrogens (tertiary/aromatic N) is 1. The standard InChI is InChI=1S/C18H21NO3S/c1-5-11-18(23-4)15-13(16(20)22-7-3)9-8-10-14(15)19(12-6-2)17(18)21/h5-6,8-10H,1-2,7,11-12H2,3-4H3. The minimum atomic E-state index is -0.844. The van der Waals surface area contributed by atoms with Crippen LogP contribution in [-0.4, -0.2) is 31.3 Å². The Labute approximate surface area is 141 Å². The first-order valence-electron chi connectivity index (χ1n) is 7.46. The molecule has 122 valence electrons. The predicted molar refractivity (Wildman–Crippen MR) is 95.0 cm³/mol. The van der Waals surface area contributed by atoms with E-state index < -0.39 is 10.7 Å². The maximum Gasteiger partial charge on any atom is 0.338 e. The molecule has 0 radical (unpaired) electrons. The Balaban J connectivity index is 2.72. The van der Waals surface area contributed by atoms with Crippen molar-refractivity contribution in [3.63, 3.8) is 0 Å². The Morgan fingerprint density at radius 3 is 2.70 bits per heavy atom. The van der Waals surface area contributed by atoms with Crippen LogP contribution in [0, 0.1) is 0 Å². The van der Waals surface area contributed by atoms with Crippen LogP contribution < -0.4 is 4.90 Å². The topological polar surface area (TPSA) is 46.6 Å². The predicted octanol–water partition coefficient (Wildman–Crippen LogP) is 3.53. The van der Waals surface area contributed by atoms with E-state index in [1.54, 1.807) is 36.1 Å². The summed E-state index contributed by atoms with van der Waals surface area (Å²) in [7, 11) is 0. The number of thioether (sulfide) groups is 1. The normalized spacial score (nSPS) is 19.4. The fourth-order valence-electron chi connectivity index (χ4n) is 2.98. The van der Waals surface area contributed by atoms with E-state index in [9.17, 15) is 9.59 Å². The van der Waals surface area contributed by atoms with Crippen LogP contribution in [0.4, 0.5) is 5.69 Å². The number of anilines is 1. The number of rotatable bonds is 7. The van der Waals surface area contributed by atoms with E-state index >= 15 is 0 Å². The van der Waals surface area contributed by atoms with E-state index in [2.05, 4.69) is 13.2 Å². The van der Waals surface area contributed by atoms with Crippen LogP contribution in [0.15, 0.2) is 43.5 Å². The lowest BCUT2D eigenvalue weighted by Crippen LogP contribution is -2.38. The monoisotopic (exact) mass is 331 g/mol. The number of carbonyl (C=O) groups excluding carboxylic acids is 2. The van der Waals surface area contributed by atoms with Crippen molar-refractivity contribution in [1.82, 2.24) is 0 Å². The number of carbonyl (C=O) groups is 2. The molecule has 1 aromatic carbocycles. The highest BCUT2D eigenvalue weighted by atomic mass is 32.2. The third-order valence-electron chi connectivity index (χ3n) is 3.91. The lowest BCUT2D eigenvalue weighted by atomic mass is 9.91. The second-order valence-electron chi connectivity index (χ2n) is 5.15. The average molecular weight is 331 g/mol. The maximum atomic E-state index is 13.1. The van der Waals surface area contributed by atoms with Gasteiger partial charge < -0.3 is 9.64 Å². The molecule has 23 heavy (non-hydrogen) atoms. The molecule has 1 aromatic rings. The molecule has 0 saturated heterocycles. The minimum absolute atomic E-state index is 0.0449. The van der Waals surface area contributed by atoms with Crippen molar-refractivity contribution >= 4 is 29.3 Å². The van der Waals surface area contributed by atoms with Gasteiger partial charge in [0.2, 0.25) is 5.91 Å². The first kappa shape index (κ1) is 17.3. The van der Waals surface area contributed by atoms with Gasteiger partial charge in [-0.1, -0.05) is 18.2 Å². The van der Waals surface area contributed by atoms with Gasteiger partial charge in [-0.25, -0.2) is 4.79 Å². The average Bonchev–Trinajstić information content (AvgIpc) is 2.79. The van der Waals surface area contributed by atoms with Crippen LogP contribution >= 0.6 is 11.8 Å². The van der Waals surface area contributed by atoms with Gasteiger partial charge >= 0.3 is 5.97 Å². The van der Waals surface area contributed by atoms with Crippen LogP contribution in [0.3, 0.4) is 0 Å².